The summed E-state index contributed by atoms with van der Waals surface area (Å²) in [7, 11) is 0. The maximum Gasteiger partial charge on any atom is 0.165 e. The van der Waals surface area contributed by atoms with Gasteiger partial charge in [-0.25, -0.2) is 0 Å². The number of nitrogens with zero attached hydrogens (tertiary/aromatic N) is 1. The molecule has 134 valence electrons. The molecule has 6 rings (SSSR count). The van der Waals surface area contributed by atoms with Gasteiger partial charge in [0.05, 0.1) is 11.6 Å². The molecule has 26 heavy (non-hydrogen) atoms. The Kier molecular flexibility index (Phi) is 3.00. The van der Waals surface area contributed by atoms with Crippen LogP contribution in [-0.4, -0.2) is 44.0 Å². The number of hydrogen-bond acceptors (Lipinski definition) is 5. The molecule has 4 heterocycles. The Labute approximate surface area is 152 Å². The fourth-order valence-electron chi connectivity index (χ4n) is 5.08. The average molecular weight is 350 g/mol. The minimum absolute atomic E-state index is 0.202. The largest absolute Gasteiger partial charge is 0.492 e. The third-order valence-corrected chi connectivity index (χ3v) is 6.25. The summed E-state index contributed by atoms with van der Waals surface area (Å²) in [5.41, 5.74) is 3.56. The van der Waals surface area contributed by atoms with E-state index in [1.54, 1.807) is 0 Å². The summed E-state index contributed by atoms with van der Waals surface area (Å²) in [6, 6.07) is 12.8. The monoisotopic (exact) mass is 350 g/mol. The topological polar surface area (TPSA) is 43.0 Å². The summed E-state index contributed by atoms with van der Waals surface area (Å²) in [5.74, 6) is 2.56. The molecule has 4 aliphatic rings. The number of para-hydroxylation sites is 1. The maximum atomic E-state index is 6.25. The molecule has 0 saturated carbocycles. The minimum Gasteiger partial charge on any atom is -0.492 e. The molecule has 2 aromatic rings. The van der Waals surface area contributed by atoms with Crippen molar-refractivity contribution in [1.29, 1.82) is 0 Å². The van der Waals surface area contributed by atoms with Crippen LogP contribution in [0.2, 0.25) is 0 Å². The van der Waals surface area contributed by atoms with Crippen LogP contribution in [0.25, 0.3) is 0 Å². The molecule has 0 bridgehead atoms. The van der Waals surface area contributed by atoms with Gasteiger partial charge in [0.2, 0.25) is 0 Å². The Morgan fingerprint density at radius 3 is 2.50 bits per heavy atom. The summed E-state index contributed by atoms with van der Waals surface area (Å²) in [5, 5.41) is 3.80. The second-order valence-corrected chi connectivity index (χ2v) is 7.59. The van der Waals surface area contributed by atoms with Crippen LogP contribution in [0.3, 0.4) is 0 Å². The van der Waals surface area contributed by atoms with E-state index in [1.165, 1.54) is 29.7 Å². The lowest BCUT2D eigenvalue weighted by molar-refractivity contribution is 0.170. The summed E-state index contributed by atoms with van der Waals surface area (Å²) >= 11 is 0. The van der Waals surface area contributed by atoms with E-state index in [1.807, 2.05) is 6.07 Å². The molecular weight excluding hydrogens is 328 g/mol. The highest BCUT2D eigenvalue weighted by molar-refractivity contribution is 5.70. The molecule has 5 nitrogen and oxygen atoms in total. The number of benzene rings is 2. The van der Waals surface area contributed by atoms with Crippen LogP contribution in [0.1, 0.15) is 24.0 Å². The van der Waals surface area contributed by atoms with Crippen molar-refractivity contribution < 1.29 is 14.2 Å². The van der Waals surface area contributed by atoms with Crippen LogP contribution in [0.5, 0.6) is 17.2 Å². The van der Waals surface area contributed by atoms with Crippen LogP contribution in [-0.2, 0) is 5.41 Å². The molecule has 0 aromatic heterocycles. The number of likely N-dealkylation sites (tertiary alicyclic amines) is 1. The third kappa shape index (κ3) is 1.84. The highest BCUT2D eigenvalue weighted by Crippen LogP contribution is 2.55. The first-order chi connectivity index (χ1) is 12.9. The van der Waals surface area contributed by atoms with Crippen molar-refractivity contribution in [3.8, 4) is 17.2 Å². The molecule has 0 radical (unpaired) electrons. The van der Waals surface area contributed by atoms with Gasteiger partial charge in [-0.15, -0.1) is 0 Å². The quantitative estimate of drug-likeness (QED) is 0.856. The fraction of sp³-hybridized carbons (Fsp3) is 0.429. The second kappa shape index (κ2) is 5.30. The predicted octanol–water partition coefficient (Wildman–Crippen LogP) is 2.98. The van der Waals surface area contributed by atoms with Crippen molar-refractivity contribution in [1.82, 2.24) is 4.90 Å². The zero-order chi connectivity index (χ0) is 17.1. The lowest BCUT2D eigenvalue weighted by Crippen LogP contribution is -2.51. The fourth-order valence-corrected chi connectivity index (χ4v) is 5.08. The van der Waals surface area contributed by atoms with Crippen LogP contribution in [0.4, 0.5) is 5.69 Å². The molecule has 0 aliphatic carbocycles. The van der Waals surface area contributed by atoms with Crippen LogP contribution in [0, 0.1) is 0 Å². The zero-order valence-corrected chi connectivity index (χ0v) is 14.7. The SMILES string of the molecule is c1ccc2c(c1)NC(N1CCCC1)C21COc2cc3c(cc21)OCCO3. The van der Waals surface area contributed by atoms with E-state index in [-0.39, 0.29) is 11.6 Å². The van der Waals surface area contributed by atoms with E-state index in [4.69, 9.17) is 14.2 Å². The summed E-state index contributed by atoms with van der Waals surface area (Å²) in [4.78, 5) is 2.58. The van der Waals surface area contributed by atoms with Crippen LogP contribution >= 0.6 is 0 Å². The van der Waals surface area contributed by atoms with E-state index >= 15 is 0 Å². The lowest BCUT2D eigenvalue weighted by Gasteiger charge is -2.37. The predicted molar refractivity (Wildman–Crippen MR) is 98.4 cm³/mol. The average Bonchev–Trinajstić information content (AvgIpc) is 3.40. The highest BCUT2D eigenvalue weighted by atomic mass is 16.6. The summed E-state index contributed by atoms with van der Waals surface area (Å²) in [6.45, 7) is 4.11. The van der Waals surface area contributed by atoms with Gasteiger partial charge in [0.15, 0.2) is 11.5 Å². The Morgan fingerprint density at radius 2 is 1.65 bits per heavy atom. The van der Waals surface area contributed by atoms with Crippen LogP contribution in [0.15, 0.2) is 36.4 Å². The van der Waals surface area contributed by atoms with Gasteiger partial charge >= 0.3 is 0 Å². The standard InChI is InChI=1S/C21H22N2O3/c1-2-6-16-14(5-1)21(20(22-16)23-7-3-4-8-23)13-26-17-12-19-18(11-15(17)21)24-9-10-25-19/h1-2,5-6,11-12,20,22H,3-4,7-10,13H2. The lowest BCUT2D eigenvalue weighted by atomic mass is 9.75. The molecule has 1 spiro atoms. The van der Waals surface area contributed by atoms with Gasteiger partial charge in [0, 0.05) is 30.4 Å². The summed E-state index contributed by atoms with van der Waals surface area (Å²) in [6.07, 6.45) is 2.74. The first kappa shape index (κ1) is 14.7. The second-order valence-electron chi connectivity index (χ2n) is 7.59. The molecule has 5 heteroatoms. The molecule has 1 N–H and O–H groups in total. The van der Waals surface area contributed by atoms with Gasteiger partial charge in [-0.2, -0.15) is 0 Å². The number of anilines is 1. The number of rotatable bonds is 1. The van der Waals surface area contributed by atoms with Crippen molar-refractivity contribution in [2.75, 3.05) is 38.2 Å². The molecule has 2 aromatic carbocycles. The highest BCUT2D eigenvalue weighted by Gasteiger charge is 2.56. The van der Waals surface area contributed by atoms with E-state index in [0.717, 1.165) is 30.3 Å². The van der Waals surface area contributed by atoms with Gasteiger partial charge in [-0.1, -0.05) is 18.2 Å². The smallest absolute Gasteiger partial charge is 0.165 e. The minimum atomic E-state index is -0.202. The van der Waals surface area contributed by atoms with E-state index in [2.05, 4.69) is 40.5 Å². The molecular formula is C21H22N2O3. The normalized spacial score (nSPS) is 28.5. The zero-order valence-electron chi connectivity index (χ0n) is 14.7. The Hall–Kier alpha value is -2.40. The Morgan fingerprint density at radius 1 is 0.885 bits per heavy atom. The number of fused-ring (bicyclic) bond motifs is 5. The molecule has 1 fully saturated rings. The van der Waals surface area contributed by atoms with Gasteiger partial charge in [-0.3, -0.25) is 4.90 Å². The van der Waals surface area contributed by atoms with E-state index < -0.39 is 0 Å². The number of hydrogen-bond donors (Lipinski definition) is 1. The van der Waals surface area contributed by atoms with Gasteiger partial charge in [0.25, 0.3) is 0 Å². The molecule has 2 atom stereocenters. The molecule has 0 amide bonds. The van der Waals surface area contributed by atoms with Gasteiger partial charge < -0.3 is 19.5 Å². The van der Waals surface area contributed by atoms with Crippen molar-refractivity contribution in [3.63, 3.8) is 0 Å². The van der Waals surface area contributed by atoms with Gasteiger partial charge in [-0.05, 0) is 30.5 Å². The third-order valence-electron chi connectivity index (χ3n) is 6.25. The Bertz CT molecular complexity index is 878. The van der Waals surface area contributed by atoms with Gasteiger partial charge in [0.1, 0.15) is 25.6 Å². The van der Waals surface area contributed by atoms with E-state index in [0.29, 0.717) is 19.8 Å². The molecule has 4 aliphatic heterocycles. The van der Waals surface area contributed by atoms with Crippen molar-refractivity contribution in [2.24, 2.45) is 0 Å². The first-order valence-corrected chi connectivity index (χ1v) is 9.53. The number of ether oxygens (including phenoxy) is 3. The van der Waals surface area contributed by atoms with Crippen molar-refractivity contribution in [3.05, 3.63) is 47.5 Å². The van der Waals surface area contributed by atoms with Crippen LogP contribution < -0.4 is 19.5 Å². The Balaban J connectivity index is 1.56. The van der Waals surface area contributed by atoms with E-state index in [9.17, 15) is 0 Å². The maximum absolute atomic E-state index is 6.25. The number of nitrogens with one attached hydrogen (secondary N) is 1. The van der Waals surface area contributed by atoms with Crippen molar-refractivity contribution in [2.45, 2.75) is 24.4 Å². The summed E-state index contributed by atoms with van der Waals surface area (Å²) < 4.78 is 17.9. The first-order valence-electron chi connectivity index (χ1n) is 9.53. The van der Waals surface area contributed by atoms with Crippen molar-refractivity contribution >= 4 is 5.69 Å². The molecule has 2 unspecified atom stereocenters. The molecule has 1 saturated heterocycles.